The van der Waals surface area contributed by atoms with Gasteiger partial charge in [0, 0.05) is 6.04 Å². The van der Waals surface area contributed by atoms with Gasteiger partial charge in [-0.2, -0.15) is 0 Å². The van der Waals surface area contributed by atoms with Crippen molar-refractivity contribution in [2.75, 3.05) is 6.54 Å². The standard InChI is InChI=1S/C16H22N2O2/c1-3-4-8-12(2)18-14(19)11-17-16(20)15(18)13-9-6-5-7-10-13/h5-7,9-10,12,15H,3-4,8,11H2,1-2H3,(H,17,20). The molecule has 1 aromatic carbocycles. The Kier molecular flexibility index (Phi) is 4.77. The predicted molar refractivity (Wildman–Crippen MR) is 78.0 cm³/mol. The van der Waals surface area contributed by atoms with Crippen LogP contribution in [0.1, 0.15) is 44.7 Å². The molecule has 2 atom stereocenters. The summed E-state index contributed by atoms with van der Waals surface area (Å²) in [7, 11) is 0. The molecule has 1 saturated heterocycles. The van der Waals surface area contributed by atoms with Crippen molar-refractivity contribution in [2.45, 2.75) is 45.2 Å². The lowest BCUT2D eigenvalue weighted by atomic mass is 9.98. The Morgan fingerprint density at radius 2 is 2.00 bits per heavy atom. The summed E-state index contributed by atoms with van der Waals surface area (Å²) in [4.78, 5) is 26.2. The Morgan fingerprint density at radius 1 is 1.30 bits per heavy atom. The van der Waals surface area contributed by atoms with Crippen LogP contribution in [0.25, 0.3) is 0 Å². The van der Waals surface area contributed by atoms with Gasteiger partial charge in [0.15, 0.2) is 0 Å². The van der Waals surface area contributed by atoms with Crippen LogP contribution in [0.3, 0.4) is 0 Å². The summed E-state index contributed by atoms with van der Waals surface area (Å²) in [5, 5.41) is 2.69. The summed E-state index contributed by atoms with van der Waals surface area (Å²) in [5.41, 5.74) is 0.876. The van der Waals surface area contributed by atoms with Gasteiger partial charge < -0.3 is 10.2 Å². The Morgan fingerprint density at radius 3 is 2.65 bits per heavy atom. The van der Waals surface area contributed by atoms with E-state index in [1.807, 2.05) is 37.3 Å². The minimum absolute atomic E-state index is 0.00190. The first-order chi connectivity index (χ1) is 9.65. The zero-order valence-electron chi connectivity index (χ0n) is 12.1. The highest BCUT2D eigenvalue weighted by Gasteiger charge is 2.37. The molecule has 0 aromatic heterocycles. The fourth-order valence-electron chi connectivity index (χ4n) is 2.71. The second-order valence-electron chi connectivity index (χ2n) is 5.32. The normalized spacial score (nSPS) is 20.7. The summed E-state index contributed by atoms with van der Waals surface area (Å²) >= 11 is 0. The average molecular weight is 274 g/mol. The van der Waals surface area contributed by atoms with E-state index >= 15 is 0 Å². The predicted octanol–water partition coefficient (Wildman–Crippen LogP) is 2.26. The summed E-state index contributed by atoms with van der Waals surface area (Å²) in [6, 6.07) is 9.11. The monoisotopic (exact) mass is 274 g/mol. The first-order valence-electron chi connectivity index (χ1n) is 7.29. The van der Waals surface area contributed by atoms with Gasteiger partial charge in [-0.15, -0.1) is 0 Å². The van der Waals surface area contributed by atoms with E-state index in [0.717, 1.165) is 24.8 Å². The molecule has 1 N–H and O–H groups in total. The van der Waals surface area contributed by atoms with E-state index in [0.29, 0.717) is 0 Å². The van der Waals surface area contributed by atoms with Crippen molar-refractivity contribution in [2.24, 2.45) is 0 Å². The van der Waals surface area contributed by atoms with E-state index in [-0.39, 0.29) is 24.4 Å². The van der Waals surface area contributed by atoms with Gasteiger partial charge in [-0.25, -0.2) is 0 Å². The van der Waals surface area contributed by atoms with Gasteiger partial charge in [-0.05, 0) is 18.9 Å². The average Bonchev–Trinajstić information content (AvgIpc) is 2.47. The molecule has 4 nitrogen and oxygen atoms in total. The van der Waals surface area contributed by atoms with Crippen molar-refractivity contribution in [3.8, 4) is 0 Å². The van der Waals surface area contributed by atoms with Crippen LogP contribution in [-0.2, 0) is 9.59 Å². The second kappa shape index (κ2) is 6.55. The first-order valence-corrected chi connectivity index (χ1v) is 7.29. The van der Waals surface area contributed by atoms with Crippen LogP contribution in [0, 0.1) is 0 Å². The van der Waals surface area contributed by atoms with Gasteiger partial charge in [0.2, 0.25) is 11.8 Å². The Balaban J connectivity index is 2.27. The molecular formula is C16H22N2O2. The zero-order chi connectivity index (χ0) is 14.5. The molecule has 1 aliphatic rings. The van der Waals surface area contributed by atoms with Gasteiger partial charge in [0.05, 0.1) is 6.54 Å². The zero-order valence-corrected chi connectivity index (χ0v) is 12.1. The third kappa shape index (κ3) is 3.00. The number of carbonyl (C=O) groups is 2. The molecule has 2 amide bonds. The van der Waals surface area contributed by atoms with Gasteiger partial charge >= 0.3 is 0 Å². The minimum atomic E-state index is -0.496. The Labute approximate surface area is 120 Å². The molecule has 0 bridgehead atoms. The van der Waals surface area contributed by atoms with Gasteiger partial charge in [0.25, 0.3) is 0 Å². The van der Waals surface area contributed by atoms with E-state index in [1.165, 1.54) is 0 Å². The summed E-state index contributed by atoms with van der Waals surface area (Å²) in [5.74, 6) is -0.0822. The topological polar surface area (TPSA) is 49.4 Å². The smallest absolute Gasteiger partial charge is 0.247 e. The number of carbonyl (C=O) groups excluding carboxylic acids is 2. The maximum atomic E-state index is 12.2. The number of nitrogens with one attached hydrogen (secondary N) is 1. The molecule has 0 radical (unpaired) electrons. The molecular weight excluding hydrogens is 252 g/mol. The van der Waals surface area contributed by atoms with Crippen LogP contribution >= 0.6 is 0 Å². The number of nitrogens with zero attached hydrogens (tertiary/aromatic N) is 1. The molecule has 4 heteroatoms. The largest absolute Gasteiger partial charge is 0.345 e. The molecule has 108 valence electrons. The molecule has 1 aliphatic heterocycles. The lowest BCUT2D eigenvalue weighted by Gasteiger charge is -2.39. The summed E-state index contributed by atoms with van der Waals surface area (Å²) < 4.78 is 0. The molecule has 1 fully saturated rings. The van der Waals surface area contributed by atoms with Crippen LogP contribution < -0.4 is 5.32 Å². The summed E-state index contributed by atoms with van der Waals surface area (Å²) in [6.07, 6.45) is 3.08. The SMILES string of the molecule is CCCCC(C)N1C(=O)CNC(=O)C1c1ccccc1. The lowest BCUT2D eigenvalue weighted by molar-refractivity contribution is -0.148. The lowest BCUT2D eigenvalue weighted by Crippen LogP contribution is -2.56. The summed E-state index contributed by atoms with van der Waals surface area (Å²) in [6.45, 7) is 4.27. The molecule has 0 aliphatic carbocycles. The Hall–Kier alpha value is -1.84. The van der Waals surface area contributed by atoms with Crippen LogP contribution in [0.5, 0.6) is 0 Å². The minimum Gasteiger partial charge on any atom is -0.345 e. The number of benzene rings is 1. The quantitative estimate of drug-likeness (QED) is 0.895. The van der Waals surface area contributed by atoms with E-state index in [1.54, 1.807) is 4.90 Å². The highest BCUT2D eigenvalue weighted by Crippen LogP contribution is 2.27. The third-order valence-electron chi connectivity index (χ3n) is 3.79. The number of hydrogen-bond donors (Lipinski definition) is 1. The third-order valence-corrected chi connectivity index (χ3v) is 3.79. The van der Waals surface area contributed by atoms with E-state index in [4.69, 9.17) is 0 Å². The molecule has 1 aromatic rings. The highest BCUT2D eigenvalue weighted by molar-refractivity contribution is 5.95. The van der Waals surface area contributed by atoms with Crippen molar-refractivity contribution in [1.82, 2.24) is 10.2 Å². The van der Waals surface area contributed by atoms with Crippen molar-refractivity contribution >= 4 is 11.8 Å². The van der Waals surface area contributed by atoms with E-state index in [2.05, 4.69) is 12.2 Å². The number of piperazine rings is 1. The van der Waals surface area contributed by atoms with Gasteiger partial charge in [0.1, 0.15) is 6.04 Å². The molecule has 0 saturated carbocycles. The van der Waals surface area contributed by atoms with Crippen LogP contribution in [-0.4, -0.2) is 29.3 Å². The van der Waals surface area contributed by atoms with Gasteiger partial charge in [-0.3, -0.25) is 9.59 Å². The maximum absolute atomic E-state index is 12.2. The highest BCUT2D eigenvalue weighted by atomic mass is 16.2. The molecule has 20 heavy (non-hydrogen) atoms. The van der Waals surface area contributed by atoms with Crippen LogP contribution in [0.4, 0.5) is 0 Å². The number of unbranched alkanes of at least 4 members (excludes halogenated alkanes) is 1. The number of hydrogen-bond acceptors (Lipinski definition) is 2. The first kappa shape index (κ1) is 14.6. The van der Waals surface area contributed by atoms with Crippen LogP contribution in [0.15, 0.2) is 30.3 Å². The molecule has 2 rings (SSSR count). The maximum Gasteiger partial charge on any atom is 0.247 e. The van der Waals surface area contributed by atoms with E-state index < -0.39 is 6.04 Å². The Bertz CT molecular complexity index is 473. The van der Waals surface area contributed by atoms with Crippen molar-refractivity contribution in [3.05, 3.63) is 35.9 Å². The van der Waals surface area contributed by atoms with Gasteiger partial charge in [-0.1, -0.05) is 50.1 Å². The second-order valence-corrected chi connectivity index (χ2v) is 5.32. The molecule has 0 spiro atoms. The number of rotatable bonds is 5. The fourth-order valence-corrected chi connectivity index (χ4v) is 2.71. The van der Waals surface area contributed by atoms with E-state index in [9.17, 15) is 9.59 Å². The number of amides is 2. The fraction of sp³-hybridized carbons (Fsp3) is 0.500. The molecule has 2 unspecified atom stereocenters. The van der Waals surface area contributed by atoms with Crippen LogP contribution in [0.2, 0.25) is 0 Å². The van der Waals surface area contributed by atoms with Crippen molar-refractivity contribution < 1.29 is 9.59 Å². The molecule has 1 heterocycles. The van der Waals surface area contributed by atoms with Crippen molar-refractivity contribution in [1.29, 1.82) is 0 Å². The van der Waals surface area contributed by atoms with Crippen molar-refractivity contribution in [3.63, 3.8) is 0 Å².